The van der Waals surface area contributed by atoms with E-state index in [1.165, 1.54) is 12.1 Å². The highest BCUT2D eigenvalue weighted by molar-refractivity contribution is 5.91. The number of quaternary nitrogens is 2. The van der Waals surface area contributed by atoms with Crippen molar-refractivity contribution < 1.29 is 28.4 Å². The third-order valence-corrected chi connectivity index (χ3v) is 5.07. The zero-order valence-electron chi connectivity index (χ0n) is 18.4. The largest absolute Gasteiger partial charge is 0.338 e. The van der Waals surface area contributed by atoms with Crippen molar-refractivity contribution in [3.63, 3.8) is 0 Å². The van der Waals surface area contributed by atoms with Crippen LogP contribution >= 0.6 is 0 Å². The van der Waals surface area contributed by atoms with Gasteiger partial charge in [0.05, 0.1) is 61.3 Å². The molecule has 0 spiro atoms. The van der Waals surface area contributed by atoms with Crippen molar-refractivity contribution >= 4 is 23.2 Å². The van der Waals surface area contributed by atoms with E-state index in [1.807, 2.05) is 0 Å². The van der Waals surface area contributed by atoms with Crippen molar-refractivity contribution in [3.8, 4) is 0 Å². The first-order valence-electron chi connectivity index (χ1n) is 9.73. The minimum absolute atomic E-state index is 0.0724. The van der Waals surface area contributed by atoms with Gasteiger partial charge in [-0.25, -0.2) is 9.59 Å². The maximum absolute atomic E-state index is 12.8. The Kier molecular flexibility index (Phi) is 7.34. The molecule has 0 N–H and O–H groups in total. The van der Waals surface area contributed by atoms with E-state index in [-0.39, 0.29) is 33.4 Å². The third kappa shape index (κ3) is 5.90. The van der Waals surface area contributed by atoms with Crippen molar-refractivity contribution in [1.82, 2.24) is 0 Å². The number of carbonyl (C=O) groups is 2. The molecule has 0 heterocycles. The number of likely N-dealkylation sites (N-methyl/N-ethyl adjacent to an activating group) is 2. The van der Waals surface area contributed by atoms with Crippen molar-refractivity contribution in [2.24, 2.45) is 0 Å². The number of hydrogen-bond acceptors (Lipinski definition) is 6. The van der Waals surface area contributed by atoms with Crippen LogP contribution in [0.15, 0.2) is 60.7 Å². The highest BCUT2D eigenvalue weighted by Crippen LogP contribution is 2.23. The van der Waals surface area contributed by atoms with Gasteiger partial charge in [0.15, 0.2) is 0 Å². The summed E-state index contributed by atoms with van der Waals surface area (Å²) in [5.74, 6) is -0.829. The SMILES string of the molecule is C[N+](C)(Cc1ccccc1[N+](=O)[O-])C(=O)/C=C\C(=O)[N+](C)(C)Cc1ccccc1[N+](=O)[O-]. The fourth-order valence-corrected chi connectivity index (χ4v) is 3.20. The summed E-state index contributed by atoms with van der Waals surface area (Å²) in [7, 11) is 6.39. The zero-order chi connectivity index (χ0) is 24.1. The summed E-state index contributed by atoms with van der Waals surface area (Å²) in [6, 6.07) is 12.4. The predicted molar refractivity (Wildman–Crippen MR) is 117 cm³/mol. The molecule has 0 radical (unpaired) electrons. The number of nitro benzene ring substituents is 2. The number of amides is 2. The van der Waals surface area contributed by atoms with Gasteiger partial charge in [-0.3, -0.25) is 29.2 Å². The van der Waals surface area contributed by atoms with Gasteiger partial charge >= 0.3 is 11.8 Å². The monoisotopic (exact) mass is 442 g/mol. The van der Waals surface area contributed by atoms with Gasteiger partial charge in [0.25, 0.3) is 11.4 Å². The third-order valence-electron chi connectivity index (χ3n) is 5.07. The molecular formula is C22H26N4O6+2. The van der Waals surface area contributed by atoms with Gasteiger partial charge in [-0.2, -0.15) is 0 Å². The summed E-state index contributed by atoms with van der Waals surface area (Å²) in [6.45, 7) is 0.145. The smallest absolute Gasteiger partial charge is 0.258 e. The first-order valence-corrected chi connectivity index (χ1v) is 9.73. The van der Waals surface area contributed by atoms with Crippen LogP contribution in [0.1, 0.15) is 11.1 Å². The molecule has 0 saturated carbocycles. The van der Waals surface area contributed by atoms with E-state index in [0.29, 0.717) is 11.1 Å². The Labute approximate surface area is 185 Å². The molecule has 10 nitrogen and oxygen atoms in total. The average Bonchev–Trinajstić information content (AvgIpc) is 2.71. The van der Waals surface area contributed by atoms with Crippen LogP contribution in [0.5, 0.6) is 0 Å². The number of rotatable bonds is 8. The van der Waals surface area contributed by atoms with E-state index < -0.39 is 21.7 Å². The fourth-order valence-electron chi connectivity index (χ4n) is 3.20. The van der Waals surface area contributed by atoms with Crippen molar-refractivity contribution in [2.75, 3.05) is 28.2 Å². The fraction of sp³-hybridized carbons (Fsp3) is 0.273. The van der Waals surface area contributed by atoms with Gasteiger partial charge in [-0.05, 0) is 12.1 Å². The summed E-state index contributed by atoms with van der Waals surface area (Å²) in [5, 5.41) is 22.5. The van der Waals surface area contributed by atoms with E-state index in [2.05, 4.69) is 0 Å². The quantitative estimate of drug-likeness (QED) is 0.268. The van der Waals surface area contributed by atoms with Crippen LogP contribution in [0.3, 0.4) is 0 Å². The van der Waals surface area contributed by atoms with Crippen LogP contribution in [-0.4, -0.2) is 58.8 Å². The number of benzene rings is 2. The Hall–Kier alpha value is -3.76. The zero-order valence-corrected chi connectivity index (χ0v) is 18.4. The summed E-state index contributed by atoms with van der Waals surface area (Å²) in [5.41, 5.74) is 0.661. The molecular weight excluding hydrogens is 416 g/mol. The topological polar surface area (TPSA) is 120 Å². The number of hydrogen-bond donors (Lipinski definition) is 0. The van der Waals surface area contributed by atoms with E-state index >= 15 is 0 Å². The highest BCUT2D eigenvalue weighted by atomic mass is 16.6. The Bertz CT molecular complexity index is 1010. The Morgan fingerprint density at radius 1 is 0.719 bits per heavy atom. The number of nitrogens with zero attached hydrogens (tertiary/aromatic N) is 4. The molecule has 0 aliphatic carbocycles. The van der Waals surface area contributed by atoms with Crippen LogP contribution in [-0.2, 0) is 22.7 Å². The molecule has 0 aromatic heterocycles. The molecule has 2 aromatic rings. The lowest BCUT2D eigenvalue weighted by Crippen LogP contribution is -2.45. The van der Waals surface area contributed by atoms with Crippen molar-refractivity contribution in [3.05, 3.63) is 92.0 Å². The molecule has 0 unspecified atom stereocenters. The van der Waals surface area contributed by atoms with E-state index in [0.717, 1.165) is 12.2 Å². The van der Waals surface area contributed by atoms with Crippen LogP contribution in [0.4, 0.5) is 11.4 Å². The Morgan fingerprint density at radius 3 is 1.34 bits per heavy atom. The molecule has 168 valence electrons. The Balaban J connectivity index is 2.16. The minimum Gasteiger partial charge on any atom is -0.258 e. The summed E-state index contributed by atoms with van der Waals surface area (Å²) >= 11 is 0. The molecule has 0 aliphatic rings. The van der Waals surface area contributed by atoms with Gasteiger partial charge in [-0.15, -0.1) is 0 Å². The average molecular weight is 442 g/mol. The predicted octanol–water partition coefficient (Wildman–Crippen LogP) is 2.97. The van der Waals surface area contributed by atoms with Crippen LogP contribution in [0, 0.1) is 20.2 Å². The molecule has 2 rings (SSSR count). The second-order valence-electron chi connectivity index (χ2n) is 8.47. The van der Waals surface area contributed by atoms with Crippen LogP contribution < -0.4 is 0 Å². The van der Waals surface area contributed by atoms with Gasteiger partial charge in [0.1, 0.15) is 13.1 Å². The summed E-state index contributed by atoms with van der Waals surface area (Å²) in [4.78, 5) is 47.0. The molecule has 0 bridgehead atoms. The molecule has 32 heavy (non-hydrogen) atoms. The lowest BCUT2D eigenvalue weighted by Gasteiger charge is -2.26. The summed E-state index contributed by atoms with van der Waals surface area (Å²) < 4.78 is -0.460. The van der Waals surface area contributed by atoms with E-state index in [1.54, 1.807) is 64.6 Å². The van der Waals surface area contributed by atoms with E-state index in [9.17, 15) is 29.8 Å². The standard InChI is InChI=1S/C22H26N4O6/c1-25(2,15-17-9-5-7-11-19(17)23(29)30)21(27)13-14-22(28)26(3,4)16-18-10-6-8-12-20(18)24(31)32/h5-14H,15-16H2,1-4H3/q+2/b14-13-. The number of carbonyl (C=O) groups excluding carboxylic acids is 2. The van der Waals surface area contributed by atoms with E-state index in [4.69, 9.17) is 0 Å². The number of para-hydroxylation sites is 2. The van der Waals surface area contributed by atoms with Crippen LogP contribution in [0.2, 0.25) is 0 Å². The Morgan fingerprint density at radius 2 is 1.03 bits per heavy atom. The van der Waals surface area contributed by atoms with Crippen molar-refractivity contribution in [1.29, 1.82) is 0 Å². The maximum atomic E-state index is 12.8. The number of nitro groups is 2. The van der Waals surface area contributed by atoms with Gasteiger partial charge in [0.2, 0.25) is 0 Å². The molecule has 0 atom stereocenters. The normalized spacial score (nSPS) is 12.0. The molecule has 0 aliphatic heterocycles. The second-order valence-corrected chi connectivity index (χ2v) is 8.47. The first-order chi connectivity index (χ1) is 14.8. The van der Waals surface area contributed by atoms with Gasteiger partial charge in [0, 0.05) is 12.1 Å². The molecule has 10 heteroatoms. The maximum Gasteiger partial charge on any atom is 0.338 e. The molecule has 2 amide bonds. The molecule has 0 fully saturated rings. The molecule has 0 saturated heterocycles. The minimum atomic E-state index is -0.498. The van der Waals surface area contributed by atoms with Crippen LogP contribution in [0.25, 0.3) is 0 Å². The van der Waals surface area contributed by atoms with Crippen molar-refractivity contribution in [2.45, 2.75) is 13.1 Å². The molecule has 2 aromatic carbocycles. The van der Waals surface area contributed by atoms with Gasteiger partial charge in [-0.1, -0.05) is 24.3 Å². The lowest BCUT2D eigenvalue weighted by atomic mass is 10.1. The second kappa shape index (κ2) is 9.58. The highest BCUT2D eigenvalue weighted by Gasteiger charge is 2.31. The summed E-state index contributed by atoms with van der Waals surface area (Å²) in [6.07, 6.45) is 2.30. The first kappa shape index (κ1) is 24.5. The lowest BCUT2D eigenvalue weighted by molar-refractivity contribution is -0.826. The van der Waals surface area contributed by atoms with Gasteiger partial charge < -0.3 is 0 Å².